The molecular weight excluding hydrogens is 364 g/mol. The van der Waals surface area contributed by atoms with Gasteiger partial charge in [0.1, 0.15) is 9.21 Å². The molecule has 4 nitrogen and oxygen atoms in total. The van der Waals surface area contributed by atoms with Gasteiger partial charge in [0.15, 0.2) is 5.79 Å². The number of nitrogens with zero attached hydrogens (tertiary/aromatic N) is 2. The highest BCUT2D eigenvalue weighted by atomic mass is 79.9. The van der Waals surface area contributed by atoms with E-state index in [1.807, 2.05) is 18.5 Å². The van der Waals surface area contributed by atoms with Gasteiger partial charge in [0.25, 0.3) is 0 Å². The molecule has 102 valence electrons. The molecule has 0 N–H and O–H groups in total. The zero-order chi connectivity index (χ0) is 13.3. The van der Waals surface area contributed by atoms with Crippen LogP contribution in [-0.2, 0) is 22.4 Å². The molecule has 0 unspecified atom stereocenters. The summed E-state index contributed by atoms with van der Waals surface area (Å²) in [5.41, 5.74) is 1.20. The fourth-order valence-corrected chi connectivity index (χ4v) is 3.56. The Morgan fingerprint density at radius 1 is 1.33 bits per heavy atom. The van der Waals surface area contributed by atoms with Crippen LogP contribution in [0.5, 0.6) is 0 Å². The lowest BCUT2D eigenvalue weighted by atomic mass is 10.1. The third-order valence-electron chi connectivity index (χ3n) is 3.05. The Balaban J connectivity index is 2.02. The van der Waals surface area contributed by atoms with Crippen LogP contribution in [-0.4, -0.2) is 28.8 Å². The number of aromatic nitrogens is 2. The second-order valence-corrected chi connectivity index (χ2v) is 6.49. The smallest absolute Gasteiger partial charge is 0.162 e. The molecule has 0 aromatic carbocycles. The molecule has 6 heteroatoms. The van der Waals surface area contributed by atoms with Crippen LogP contribution < -0.4 is 0 Å². The van der Waals surface area contributed by atoms with Crippen molar-refractivity contribution >= 4 is 31.9 Å². The van der Waals surface area contributed by atoms with E-state index in [9.17, 15) is 0 Å². The van der Waals surface area contributed by atoms with Crippen molar-refractivity contribution in [2.75, 3.05) is 13.2 Å². The Labute approximate surface area is 124 Å². The lowest BCUT2D eigenvalue weighted by Gasteiger charge is -2.34. The maximum Gasteiger partial charge on any atom is 0.162 e. The Morgan fingerprint density at radius 3 is 2.44 bits per heavy atom. The summed E-state index contributed by atoms with van der Waals surface area (Å²) in [6.45, 7) is 8.22. The van der Waals surface area contributed by atoms with Crippen LogP contribution in [0, 0.1) is 5.92 Å². The molecule has 0 atom stereocenters. The van der Waals surface area contributed by atoms with Gasteiger partial charge in [0, 0.05) is 18.0 Å². The van der Waals surface area contributed by atoms with Crippen molar-refractivity contribution in [3.05, 3.63) is 14.8 Å². The minimum Gasteiger partial charge on any atom is -0.350 e. The maximum atomic E-state index is 5.66. The molecule has 0 spiro atoms. The van der Waals surface area contributed by atoms with Gasteiger partial charge in [-0.05, 0) is 52.1 Å². The van der Waals surface area contributed by atoms with Gasteiger partial charge < -0.3 is 9.47 Å². The largest absolute Gasteiger partial charge is 0.350 e. The molecule has 0 amide bonds. The summed E-state index contributed by atoms with van der Waals surface area (Å²) >= 11 is 7.09. The third kappa shape index (κ3) is 3.15. The van der Waals surface area contributed by atoms with Gasteiger partial charge in [-0.25, -0.2) is 0 Å². The number of rotatable bonds is 3. The molecule has 2 rings (SSSR count). The van der Waals surface area contributed by atoms with Crippen LogP contribution in [0.2, 0.25) is 0 Å². The lowest BCUT2D eigenvalue weighted by molar-refractivity contribution is -0.263. The van der Waals surface area contributed by atoms with E-state index in [-0.39, 0.29) is 0 Å². The van der Waals surface area contributed by atoms with Gasteiger partial charge in [-0.15, -0.1) is 0 Å². The third-order valence-corrected chi connectivity index (χ3v) is 4.58. The first-order valence-electron chi connectivity index (χ1n) is 6.11. The SMILES string of the molecule is CCc1c(Br)nn(CC2COC(C)(C)OC2)c1Br. The Kier molecular flexibility index (Phi) is 4.52. The topological polar surface area (TPSA) is 36.3 Å². The minimum atomic E-state index is -0.451. The Morgan fingerprint density at radius 2 is 1.94 bits per heavy atom. The average Bonchev–Trinajstić information content (AvgIpc) is 2.57. The summed E-state index contributed by atoms with van der Waals surface area (Å²) in [7, 11) is 0. The number of halogens is 2. The van der Waals surface area contributed by atoms with Crippen molar-refractivity contribution in [3.8, 4) is 0 Å². The first-order valence-corrected chi connectivity index (χ1v) is 7.70. The second-order valence-electron chi connectivity index (χ2n) is 4.98. The van der Waals surface area contributed by atoms with E-state index >= 15 is 0 Å². The number of hydrogen-bond acceptors (Lipinski definition) is 3. The molecule has 1 aromatic rings. The predicted octanol–water partition coefficient (Wildman–Crippen LogP) is 3.37. The van der Waals surface area contributed by atoms with Crippen molar-refractivity contribution in [3.63, 3.8) is 0 Å². The summed E-state index contributed by atoms with van der Waals surface area (Å²) in [5.74, 6) is -0.113. The van der Waals surface area contributed by atoms with E-state index in [0.29, 0.717) is 19.1 Å². The van der Waals surface area contributed by atoms with E-state index < -0.39 is 5.79 Å². The van der Waals surface area contributed by atoms with Crippen LogP contribution in [0.3, 0.4) is 0 Å². The molecule has 1 saturated heterocycles. The summed E-state index contributed by atoms with van der Waals surface area (Å²) in [4.78, 5) is 0. The molecule has 0 radical (unpaired) electrons. The number of hydrogen-bond donors (Lipinski definition) is 0. The van der Waals surface area contributed by atoms with Gasteiger partial charge in [-0.2, -0.15) is 5.10 Å². The molecule has 1 aromatic heterocycles. The molecule has 1 aliphatic rings. The predicted molar refractivity (Wildman–Crippen MR) is 76.5 cm³/mol. The van der Waals surface area contributed by atoms with E-state index in [4.69, 9.17) is 9.47 Å². The second kappa shape index (κ2) is 5.61. The van der Waals surface area contributed by atoms with Gasteiger partial charge in [-0.3, -0.25) is 4.68 Å². The van der Waals surface area contributed by atoms with Crippen LogP contribution >= 0.6 is 31.9 Å². The van der Waals surface area contributed by atoms with Gasteiger partial charge >= 0.3 is 0 Å². The van der Waals surface area contributed by atoms with Crippen molar-refractivity contribution in [1.82, 2.24) is 9.78 Å². The van der Waals surface area contributed by atoms with Crippen LogP contribution in [0.4, 0.5) is 0 Å². The lowest BCUT2D eigenvalue weighted by Crippen LogP contribution is -2.40. The molecular formula is C12H18Br2N2O2. The normalized spacial score (nSPS) is 20.3. The molecule has 0 saturated carbocycles. The average molecular weight is 382 g/mol. The quantitative estimate of drug-likeness (QED) is 0.805. The molecule has 1 fully saturated rings. The molecule has 1 aliphatic heterocycles. The van der Waals surface area contributed by atoms with Crippen LogP contribution in [0.1, 0.15) is 26.3 Å². The fourth-order valence-electron chi connectivity index (χ4n) is 1.94. The first kappa shape index (κ1) is 14.5. The summed E-state index contributed by atoms with van der Waals surface area (Å²) in [5, 5.41) is 4.49. The first-order chi connectivity index (χ1) is 8.43. The zero-order valence-electron chi connectivity index (χ0n) is 10.9. The van der Waals surface area contributed by atoms with E-state index in [2.05, 4.69) is 43.9 Å². The zero-order valence-corrected chi connectivity index (χ0v) is 14.0. The van der Waals surface area contributed by atoms with Gasteiger partial charge in [0.05, 0.1) is 13.2 Å². The van der Waals surface area contributed by atoms with Crippen molar-refractivity contribution in [2.24, 2.45) is 5.92 Å². The molecule has 2 heterocycles. The van der Waals surface area contributed by atoms with E-state index in [1.54, 1.807) is 0 Å². The summed E-state index contributed by atoms with van der Waals surface area (Å²) in [6, 6.07) is 0. The monoisotopic (exact) mass is 380 g/mol. The highest BCUT2D eigenvalue weighted by molar-refractivity contribution is 9.11. The summed E-state index contributed by atoms with van der Waals surface area (Å²) in [6.07, 6.45) is 0.950. The highest BCUT2D eigenvalue weighted by Crippen LogP contribution is 2.27. The Hall–Kier alpha value is 0.0900. The highest BCUT2D eigenvalue weighted by Gasteiger charge is 2.29. The van der Waals surface area contributed by atoms with Crippen molar-refractivity contribution in [1.29, 1.82) is 0 Å². The van der Waals surface area contributed by atoms with Crippen molar-refractivity contribution < 1.29 is 9.47 Å². The molecule has 18 heavy (non-hydrogen) atoms. The molecule has 0 aliphatic carbocycles. The van der Waals surface area contributed by atoms with E-state index in [1.165, 1.54) is 5.56 Å². The van der Waals surface area contributed by atoms with Gasteiger partial charge in [0.2, 0.25) is 0 Å². The van der Waals surface area contributed by atoms with Crippen LogP contribution in [0.15, 0.2) is 9.21 Å². The van der Waals surface area contributed by atoms with E-state index in [0.717, 1.165) is 22.2 Å². The molecule has 0 bridgehead atoms. The number of ether oxygens (including phenoxy) is 2. The maximum absolute atomic E-state index is 5.66. The standard InChI is InChI=1S/C12H18Br2N2O2/c1-4-9-10(13)15-16(11(9)14)5-8-6-17-12(2,3)18-7-8/h8H,4-7H2,1-3H3. The van der Waals surface area contributed by atoms with Crippen molar-refractivity contribution in [2.45, 2.75) is 39.5 Å². The Bertz CT molecular complexity index is 422. The fraction of sp³-hybridized carbons (Fsp3) is 0.750. The minimum absolute atomic E-state index is 0.339. The van der Waals surface area contributed by atoms with Crippen LogP contribution in [0.25, 0.3) is 0 Å². The van der Waals surface area contributed by atoms with Gasteiger partial charge in [-0.1, -0.05) is 6.92 Å². The summed E-state index contributed by atoms with van der Waals surface area (Å²) < 4.78 is 15.3.